The van der Waals surface area contributed by atoms with Gasteiger partial charge in [-0.05, 0) is 6.08 Å². The number of hydrogen-bond donors (Lipinski definition) is 3. The lowest BCUT2D eigenvalue weighted by atomic mass is 10.4. The van der Waals surface area contributed by atoms with E-state index in [0.717, 1.165) is 5.75 Å². The molecule has 0 aromatic heterocycles. The molecule has 0 aliphatic carbocycles. The number of aliphatic hydroxyl groups excluding tert-OH is 2. The fourth-order valence-corrected chi connectivity index (χ4v) is 1.38. The molecule has 0 heterocycles. The van der Waals surface area contributed by atoms with Crippen molar-refractivity contribution < 1.29 is 15.0 Å². The molecule has 5 heteroatoms. The zero-order chi connectivity index (χ0) is 10.1. The topological polar surface area (TPSA) is 69.6 Å². The molecule has 0 spiro atoms. The second-order valence-corrected chi connectivity index (χ2v) is 3.56. The molecule has 0 aliphatic rings. The molecule has 0 rings (SSSR count). The summed E-state index contributed by atoms with van der Waals surface area (Å²) < 4.78 is 0. The van der Waals surface area contributed by atoms with Crippen LogP contribution in [0.2, 0.25) is 0 Å². The number of thioether (sulfide) groups is 1. The third-order valence-electron chi connectivity index (χ3n) is 1.25. The van der Waals surface area contributed by atoms with E-state index in [1.165, 1.54) is 17.8 Å². The Morgan fingerprint density at radius 3 is 2.92 bits per heavy atom. The average molecular weight is 205 g/mol. The van der Waals surface area contributed by atoms with Crippen molar-refractivity contribution >= 4 is 17.7 Å². The summed E-state index contributed by atoms with van der Waals surface area (Å²) in [6.07, 6.45) is 0.549. The second kappa shape index (κ2) is 8.10. The Balaban J connectivity index is 3.17. The molecule has 0 radical (unpaired) electrons. The summed E-state index contributed by atoms with van der Waals surface area (Å²) in [4.78, 5) is 10.6. The van der Waals surface area contributed by atoms with Crippen molar-refractivity contribution in [2.24, 2.45) is 0 Å². The first-order valence-electron chi connectivity index (χ1n) is 3.97. The number of amides is 1. The van der Waals surface area contributed by atoms with Gasteiger partial charge in [0.05, 0.1) is 12.7 Å². The zero-order valence-electron chi connectivity index (χ0n) is 7.40. The normalized spacial score (nSPS) is 12.2. The summed E-state index contributed by atoms with van der Waals surface area (Å²) in [5.74, 6) is 1.01. The predicted octanol–water partition coefficient (Wildman–Crippen LogP) is -0.625. The Labute approximate surface area is 82.0 Å². The van der Waals surface area contributed by atoms with Crippen LogP contribution < -0.4 is 5.32 Å². The first-order chi connectivity index (χ1) is 6.20. The second-order valence-electron chi connectivity index (χ2n) is 2.41. The van der Waals surface area contributed by atoms with Crippen LogP contribution in [-0.2, 0) is 4.79 Å². The maximum atomic E-state index is 10.6. The van der Waals surface area contributed by atoms with E-state index in [2.05, 4.69) is 11.9 Å². The first-order valence-corrected chi connectivity index (χ1v) is 5.13. The Morgan fingerprint density at radius 2 is 2.38 bits per heavy atom. The van der Waals surface area contributed by atoms with E-state index in [0.29, 0.717) is 12.3 Å². The number of nitrogens with one attached hydrogen (secondary N) is 1. The highest BCUT2D eigenvalue weighted by Gasteiger charge is 2.00. The van der Waals surface area contributed by atoms with Crippen LogP contribution in [0.1, 0.15) is 0 Å². The third-order valence-corrected chi connectivity index (χ3v) is 2.37. The zero-order valence-corrected chi connectivity index (χ0v) is 8.22. The molecule has 1 unspecified atom stereocenters. The van der Waals surface area contributed by atoms with Gasteiger partial charge in [0, 0.05) is 18.1 Å². The summed E-state index contributed by atoms with van der Waals surface area (Å²) in [6, 6.07) is 0. The molecule has 0 aromatic rings. The number of carbonyl (C=O) groups excluding carboxylic acids is 1. The molecule has 0 saturated carbocycles. The van der Waals surface area contributed by atoms with Crippen molar-refractivity contribution in [2.75, 3.05) is 24.7 Å². The maximum absolute atomic E-state index is 10.6. The number of carbonyl (C=O) groups is 1. The van der Waals surface area contributed by atoms with Gasteiger partial charge in [0.1, 0.15) is 0 Å². The van der Waals surface area contributed by atoms with E-state index in [1.54, 1.807) is 0 Å². The minimum atomic E-state index is -0.667. The van der Waals surface area contributed by atoms with Gasteiger partial charge in [-0.25, -0.2) is 0 Å². The number of rotatable bonds is 7. The third kappa shape index (κ3) is 7.83. The minimum absolute atomic E-state index is 0.191. The highest BCUT2D eigenvalue weighted by Crippen LogP contribution is 2.00. The summed E-state index contributed by atoms with van der Waals surface area (Å²) in [6.45, 7) is 3.64. The SMILES string of the molecule is C=CC(=O)NCCSCC(O)CO. The molecule has 0 fully saturated rings. The lowest BCUT2D eigenvalue weighted by Crippen LogP contribution is -2.24. The van der Waals surface area contributed by atoms with Crippen molar-refractivity contribution in [3.63, 3.8) is 0 Å². The van der Waals surface area contributed by atoms with Crippen molar-refractivity contribution in [1.29, 1.82) is 0 Å². The van der Waals surface area contributed by atoms with Crippen molar-refractivity contribution in [1.82, 2.24) is 5.32 Å². The molecule has 0 aromatic carbocycles. The molecule has 13 heavy (non-hydrogen) atoms. The summed E-state index contributed by atoms with van der Waals surface area (Å²) >= 11 is 1.48. The first kappa shape index (κ1) is 12.5. The van der Waals surface area contributed by atoms with Crippen molar-refractivity contribution in [2.45, 2.75) is 6.10 Å². The standard InChI is InChI=1S/C8H15NO3S/c1-2-8(12)9-3-4-13-6-7(11)5-10/h2,7,10-11H,1,3-6H2,(H,9,12). The molecule has 3 N–H and O–H groups in total. The molecule has 1 atom stereocenters. The molecule has 0 aliphatic heterocycles. The Morgan fingerprint density at radius 1 is 1.69 bits per heavy atom. The lowest BCUT2D eigenvalue weighted by Gasteiger charge is -2.06. The van der Waals surface area contributed by atoms with Gasteiger partial charge < -0.3 is 15.5 Å². The van der Waals surface area contributed by atoms with Crippen LogP contribution in [0.25, 0.3) is 0 Å². The summed E-state index contributed by atoms with van der Waals surface area (Å²) in [7, 11) is 0. The smallest absolute Gasteiger partial charge is 0.243 e. The Kier molecular flexibility index (Phi) is 7.77. The van der Waals surface area contributed by atoms with Gasteiger partial charge in [0.2, 0.25) is 5.91 Å². The van der Waals surface area contributed by atoms with Crippen LogP contribution in [0, 0.1) is 0 Å². The van der Waals surface area contributed by atoms with E-state index in [1.807, 2.05) is 0 Å². The van der Waals surface area contributed by atoms with E-state index in [-0.39, 0.29) is 12.5 Å². The van der Waals surface area contributed by atoms with Crippen LogP contribution >= 0.6 is 11.8 Å². The fourth-order valence-electron chi connectivity index (χ4n) is 0.591. The van der Waals surface area contributed by atoms with Crippen LogP contribution in [0.15, 0.2) is 12.7 Å². The van der Waals surface area contributed by atoms with E-state index < -0.39 is 6.10 Å². The van der Waals surface area contributed by atoms with Gasteiger partial charge >= 0.3 is 0 Å². The summed E-state index contributed by atoms with van der Waals surface area (Å²) in [5, 5.41) is 20.0. The highest BCUT2D eigenvalue weighted by molar-refractivity contribution is 7.99. The van der Waals surface area contributed by atoms with E-state index in [9.17, 15) is 4.79 Å². The molecule has 1 amide bonds. The van der Waals surface area contributed by atoms with Gasteiger partial charge in [0.15, 0.2) is 0 Å². The molecule has 76 valence electrons. The number of aliphatic hydroxyl groups is 2. The minimum Gasteiger partial charge on any atom is -0.394 e. The van der Waals surface area contributed by atoms with Crippen LogP contribution in [-0.4, -0.2) is 46.9 Å². The number of hydrogen-bond acceptors (Lipinski definition) is 4. The van der Waals surface area contributed by atoms with Gasteiger partial charge in [0.25, 0.3) is 0 Å². The van der Waals surface area contributed by atoms with Gasteiger partial charge in [-0.1, -0.05) is 6.58 Å². The monoisotopic (exact) mass is 205 g/mol. The maximum Gasteiger partial charge on any atom is 0.243 e. The van der Waals surface area contributed by atoms with Crippen LogP contribution in [0.4, 0.5) is 0 Å². The van der Waals surface area contributed by atoms with Crippen molar-refractivity contribution in [3.05, 3.63) is 12.7 Å². The van der Waals surface area contributed by atoms with Crippen LogP contribution in [0.3, 0.4) is 0 Å². The molecule has 0 bridgehead atoms. The fraction of sp³-hybridized carbons (Fsp3) is 0.625. The summed E-state index contributed by atoms with van der Waals surface area (Å²) in [5.41, 5.74) is 0. The van der Waals surface area contributed by atoms with Gasteiger partial charge in [-0.3, -0.25) is 4.79 Å². The molecule has 0 saturated heterocycles. The average Bonchev–Trinajstić information content (AvgIpc) is 2.16. The van der Waals surface area contributed by atoms with Gasteiger partial charge in [-0.15, -0.1) is 0 Å². The van der Waals surface area contributed by atoms with Crippen molar-refractivity contribution in [3.8, 4) is 0 Å². The predicted molar refractivity (Wildman–Crippen MR) is 53.6 cm³/mol. The van der Waals surface area contributed by atoms with E-state index >= 15 is 0 Å². The highest BCUT2D eigenvalue weighted by atomic mass is 32.2. The largest absolute Gasteiger partial charge is 0.394 e. The molecular weight excluding hydrogens is 190 g/mol. The quantitative estimate of drug-likeness (QED) is 0.382. The van der Waals surface area contributed by atoms with Crippen LogP contribution in [0.5, 0.6) is 0 Å². The van der Waals surface area contributed by atoms with Gasteiger partial charge in [-0.2, -0.15) is 11.8 Å². The molecular formula is C8H15NO3S. The Bertz CT molecular complexity index is 163. The molecule has 4 nitrogen and oxygen atoms in total. The Hall–Kier alpha value is -0.520. The lowest BCUT2D eigenvalue weighted by molar-refractivity contribution is -0.116. The van der Waals surface area contributed by atoms with E-state index in [4.69, 9.17) is 10.2 Å².